The van der Waals surface area contributed by atoms with Gasteiger partial charge in [-0.3, -0.25) is 14.6 Å². The predicted octanol–water partition coefficient (Wildman–Crippen LogP) is 1.90. The summed E-state index contributed by atoms with van der Waals surface area (Å²) in [5, 5.41) is 0. The first-order valence-electron chi connectivity index (χ1n) is 9.52. The van der Waals surface area contributed by atoms with Crippen molar-refractivity contribution in [2.45, 2.75) is 32.9 Å². The first-order chi connectivity index (χ1) is 13.6. The van der Waals surface area contributed by atoms with E-state index in [1.165, 1.54) is 20.3 Å². The van der Waals surface area contributed by atoms with Crippen LogP contribution in [0.15, 0.2) is 18.2 Å². The molecule has 0 atom stereocenters. The molecule has 0 aliphatic carbocycles. The Morgan fingerprint density at radius 2 is 1.69 bits per heavy atom. The lowest BCUT2D eigenvalue weighted by Gasteiger charge is -2.34. The average Bonchev–Trinajstić information content (AvgIpc) is 2.66. The van der Waals surface area contributed by atoms with Gasteiger partial charge in [0.15, 0.2) is 7.11 Å². The number of hydrogen-bond acceptors (Lipinski definition) is 8. The van der Waals surface area contributed by atoms with Gasteiger partial charge in [0, 0.05) is 44.9 Å². The zero-order valence-electron chi connectivity index (χ0n) is 17.8. The fraction of sp³-hybridized carbons (Fsp3) is 0.600. The second-order valence-electron chi connectivity index (χ2n) is 7.91. The standard InChI is InChI=1S/C20H30N3O6/c1-20(2,3)29-18(24)14-22-10-8-21(9-11-22)13-15-12-16(23(26)28-5)6-7-17(15)19(25)27-4/h6-7,12H,8-11,13-14H2,1-5H3/q+1. The number of piperazine rings is 1. The number of nitrogens with zero attached hydrogens (tertiary/aromatic N) is 3. The van der Waals surface area contributed by atoms with Gasteiger partial charge in [0.2, 0.25) is 0 Å². The lowest BCUT2D eigenvalue weighted by Crippen LogP contribution is -2.48. The van der Waals surface area contributed by atoms with E-state index in [-0.39, 0.29) is 12.5 Å². The predicted molar refractivity (Wildman–Crippen MR) is 106 cm³/mol. The molecule has 1 fully saturated rings. The van der Waals surface area contributed by atoms with Crippen molar-refractivity contribution >= 4 is 17.6 Å². The molecule has 1 aromatic rings. The highest BCUT2D eigenvalue weighted by Gasteiger charge is 2.25. The van der Waals surface area contributed by atoms with Gasteiger partial charge < -0.3 is 9.47 Å². The van der Waals surface area contributed by atoms with E-state index in [1.54, 1.807) is 12.1 Å². The van der Waals surface area contributed by atoms with Gasteiger partial charge in [-0.1, -0.05) is 0 Å². The molecule has 2 rings (SSSR count). The fourth-order valence-corrected chi connectivity index (χ4v) is 3.14. The van der Waals surface area contributed by atoms with Crippen LogP contribution < -0.4 is 0 Å². The highest BCUT2D eigenvalue weighted by atomic mass is 16.8. The molecule has 0 spiro atoms. The highest BCUT2D eigenvalue weighted by molar-refractivity contribution is 5.91. The van der Waals surface area contributed by atoms with E-state index in [1.807, 2.05) is 25.7 Å². The van der Waals surface area contributed by atoms with Crippen LogP contribution in [0.3, 0.4) is 0 Å². The summed E-state index contributed by atoms with van der Waals surface area (Å²) in [7, 11) is 2.61. The van der Waals surface area contributed by atoms with Crippen molar-refractivity contribution in [2.24, 2.45) is 0 Å². The molecule has 0 amide bonds. The van der Waals surface area contributed by atoms with Gasteiger partial charge in [-0.2, -0.15) is 0 Å². The maximum absolute atomic E-state index is 12.1. The van der Waals surface area contributed by atoms with E-state index in [4.69, 9.17) is 14.3 Å². The van der Waals surface area contributed by atoms with E-state index in [0.717, 1.165) is 13.1 Å². The summed E-state index contributed by atoms with van der Waals surface area (Å²) >= 11 is 0. The van der Waals surface area contributed by atoms with Gasteiger partial charge in [-0.15, -0.1) is 0 Å². The summed E-state index contributed by atoms with van der Waals surface area (Å²) in [6.45, 7) is 9.14. The maximum Gasteiger partial charge on any atom is 0.338 e. The SMILES string of the molecule is COC(=O)c1ccc([N+](=O)OC)cc1CN1CCN(CC(=O)OC(C)(C)C)CC1. The van der Waals surface area contributed by atoms with Gasteiger partial charge in [0.05, 0.1) is 24.1 Å². The summed E-state index contributed by atoms with van der Waals surface area (Å²) in [4.78, 5) is 45.2. The van der Waals surface area contributed by atoms with Crippen LogP contribution in [0.4, 0.5) is 5.69 Å². The smallest absolute Gasteiger partial charge is 0.338 e. The zero-order valence-corrected chi connectivity index (χ0v) is 17.8. The zero-order chi connectivity index (χ0) is 21.6. The highest BCUT2D eigenvalue weighted by Crippen LogP contribution is 2.21. The van der Waals surface area contributed by atoms with Crippen LogP contribution in [-0.4, -0.2) is 79.2 Å². The molecular weight excluding hydrogens is 378 g/mol. The Kier molecular flexibility index (Phi) is 7.69. The van der Waals surface area contributed by atoms with E-state index < -0.39 is 11.6 Å². The molecule has 1 aliphatic rings. The van der Waals surface area contributed by atoms with Crippen molar-refractivity contribution in [3.63, 3.8) is 0 Å². The third kappa shape index (κ3) is 6.79. The van der Waals surface area contributed by atoms with E-state index in [0.29, 0.717) is 41.4 Å². The van der Waals surface area contributed by atoms with Crippen LogP contribution in [0.5, 0.6) is 0 Å². The van der Waals surface area contributed by atoms with Crippen LogP contribution in [0, 0.1) is 4.91 Å². The van der Waals surface area contributed by atoms with E-state index >= 15 is 0 Å². The molecule has 0 radical (unpaired) electrons. The number of carbonyl (C=O) groups excluding carboxylic acids is 2. The summed E-state index contributed by atoms with van der Waals surface area (Å²) in [5.74, 6) is -0.688. The second-order valence-corrected chi connectivity index (χ2v) is 7.91. The number of esters is 2. The molecule has 29 heavy (non-hydrogen) atoms. The number of benzene rings is 1. The maximum atomic E-state index is 12.1. The molecule has 1 saturated heterocycles. The van der Waals surface area contributed by atoms with Gasteiger partial charge in [-0.25, -0.2) is 9.63 Å². The molecule has 1 aliphatic heterocycles. The largest absolute Gasteiger partial charge is 0.465 e. The normalized spacial score (nSPS) is 15.6. The molecule has 0 unspecified atom stereocenters. The lowest BCUT2D eigenvalue weighted by molar-refractivity contribution is -0.736. The van der Waals surface area contributed by atoms with Crippen LogP contribution in [0.1, 0.15) is 36.7 Å². The molecule has 160 valence electrons. The van der Waals surface area contributed by atoms with Crippen LogP contribution >= 0.6 is 0 Å². The van der Waals surface area contributed by atoms with Crippen LogP contribution in [-0.2, 0) is 25.7 Å². The Morgan fingerprint density at radius 1 is 1.07 bits per heavy atom. The van der Waals surface area contributed by atoms with Crippen molar-refractivity contribution in [3.8, 4) is 0 Å². The van der Waals surface area contributed by atoms with E-state index in [2.05, 4.69) is 4.90 Å². The molecule has 1 aromatic carbocycles. The van der Waals surface area contributed by atoms with Crippen molar-refractivity contribution in [2.75, 3.05) is 46.9 Å². The number of carbonyl (C=O) groups is 2. The summed E-state index contributed by atoms with van der Waals surface area (Å²) in [5.41, 5.74) is 0.912. The number of hydrogen-bond donors (Lipinski definition) is 0. The molecule has 9 nitrogen and oxygen atoms in total. The lowest BCUT2D eigenvalue weighted by atomic mass is 10.1. The second kappa shape index (κ2) is 9.80. The first-order valence-corrected chi connectivity index (χ1v) is 9.52. The third-order valence-electron chi connectivity index (χ3n) is 4.50. The minimum Gasteiger partial charge on any atom is -0.465 e. The quantitative estimate of drug-likeness (QED) is 0.499. The molecule has 0 N–H and O–H groups in total. The Balaban J connectivity index is 2.01. The topological polar surface area (TPSA) is 88.4 Å². The number of ether oxygens (including phenoxy) is 2. The van der Waals surface area contributed by atoms with Crippen molar-refractivity contribution in [3.05, 3.63) is 34.2 Å². The summed E-state index contributed by atoms with van der Waals surface area (Å²) in [6, 6.07) is 4.72. The minimum atomic E-state index is -0.494. The van der Waals surface area contributed by atoms with Crippen LogP contribution in [0.25, 0.3) is 0 Å². The van der Waals surface area contributed by atoms with Gasteiger partial charge in [0.1, 0.15) is 5.60 Å². The van der Waals surface area contributed by atoms with E-state index in [9.17, 15) is 14.5 Å². The third-order valence-corrected chi connectivity index (χ3v) is 4.50. The van der Waals surface area contributed by atoms with Crippen molar-refractivity contribution in [1.29, 1.82) is 0 Å². The Morgan fingerprint density at radius 3 is 2.24 bits per heavy atom. The average molecular weight is 408 g/mol. The van der Waals surface area contributed by atoms with Crippen LogP contribution in [0.2, 0.25) is 0 Å². The minimum absolute atomic E-state index is 0.235. The Labute approximate surface area is 171 Å². The van der Waals surface area contributed by atoms with Gasteiger partial charge >= 0.3 is 17.6 Å². The van der Waals surface area contributed by atoms with Gasteiger partial charge in [-0.05, 0) is 32.4 Å². The monoisotopic (exact) mass is 408 g/mol. The number of methoxy groups -OCH3 is 1. The number of rotatable bonds is 7. The molecule has 0 saturated carbocycles. The Hall–Kier alpha value is -2.52. The molecule has 0 aromatic heterocycles. The fourth-order valence-electron chi connectivity index (χ4n) is 3.14. The molecule has 9 heteroatoms. The molecule has 1 heterocycles. The summed E-state index contributed by atoms with van der Waals surface area (Å²) < 4.78 is 10.2. The summed E-state index contributed by atoms with van der Waals surface area (Å²) in [6.07, 6.45) is 0. The Bertz CT molecular complexity index is 751. The van der Waals surface area contributed by atoms with Crippen molar-refractivity contribution in [1.82, 2.24) is 9.80 Å². The first kappa shape index (κ1) is 22.8. The molecule has 0 bridgehead atoms. The van der Waals surface area contributed by atoms with Gasteiger partial charge in [0.25, 0.3) is 4.92 Å². The molecular formula is C20H30N3O6+. The van der Waals surface area contributed by atoms with Crippen molar-refractivity contribution < 1.29 is 28.8 Å².